The third-order valence-electron chi connectivity index (χ3n) is 5.02. The van der Waals surface area contributed by atoms with Gasteiger partial charge < -0.3 is 5.32 Å². The minimum atomic E-state index is 0.0281. The van der Waals surface area contributed by atoms with Gasteiger partial charge in [-0.15, -0.1) is 0 Å². The highest BCUT2D eigenvalue weighted by molar-refractivity contribution is 5.13. The van der Waals surface area contributed by atoms with Crippen LogP contribution in [0.2, 0.25) is 0 Å². The lowest BCUT2D eigenvalue weighted by atomic mass is 9.85. The molecule has 0 heterocycles. The van der Waals surface area contributed by atoms with E-state index in [4.69, 9.17) is 0 Å². The second-order valence-electron chi connectivity index (χ2n) is 8.63. The Bertz CT molecular complexity index is 343. The third kappa shape index (κ3) is 10.8. The molecular formula is C22H43N. The normalized spacial score (nSPS) is 12.4. The maximum Gasteiger partial charge on any atom is 0.0334 e. The van der Waals surface area contributed by atoms with Crippen LogP contribution in [0.25, 0.3) is 0 Å². The first kappa shape index (κ1) is 22.4. The standard InChI is InChI=1S/C22H43N/c1-9-10-11-12-13-14-15-16-20(3)22(7,8)23-18-17-19(2)21(4,5)6/h23H,2-3,9-18H2,1,4-8H3. The summed E-state index contributed by atoms with van der Waals surface area (Å²) in [5, 5.41) is 3.67. The van der Waals surface area contributed by atoms with E-state index in [1.165, 1.54) is 56.1 Å². The van der Waals surface area contributed by atoms with E-state index in [1.54, 1.807) is 0 Å². The number of hydrogen-bond donors (Lipinski definition) is 1. The summed E-state index contributed by atoms with van der Waals surface area (Å²) in [5.41, 5.74) is 2.90. The molecule has 0 saturated carbocycles. The molecule has 0 aliphatic heterocycles. The van der Waals surface area contributed by atoms with E-state index in [-0.39, 0.29) is 11.0 Å². The van der Waals surface area contributed by atoms with Crippen LogP contribution < -0.4 is 5.32 Å². The van der Waals surface area contributed by atoms with Crippen LogP contribution >= 0.6 is 0 Å². The first-order chi connectivity index (χ1) is 10.6. The molecular weight excluding hydrogens is 278 g/mol. The van der Waals surface area contributed by atoms with Gasteiger partial charge in [0.05, 0.1) is 0 Å². The van der Waals surface area contributed by atoms with Crippen LogP contribution in [-0.4, -0.2) is 12.1 Å². The predicted octanol–water partition coefficient (Wildman–Crippen LogP) is 7.04. The number of unbranched alkanes of at least 4 members (excludes halogenated alkanes) is 6. The van der Waals surface area contributed by atoms with E-state index in [0.29, 0.717) is 0 Å². The SMILES string of the molecule is C=C(CCNC(C)(C)C(=C)CCCCCCCCC)C(C)(C)C. The van der Waals surface area contributed by atoms with E-state index in [2.05, 4.69) is 60.0 Å². The van der Waals surface area contributed by atoms with Gasteiger partial charge in [-0.2, -0.15) is 0 Å². The molecule has 0 aromatic heterocycles. The lowest BCUT2D eigenvalue weighted by Crippen LogP contribution is -2.41. The van der Waals surface area contributed by atoms with Gasteiger partial charge in [0, 0.05) is 5.54 Å². The Labute approximate surface area is 147 Å². The summed E-state index contributed by atoms with van der Waals surface area (Å²) < 4.78 is 0. The second-order valence-corrected chi connectivity index (χ2v) is 8.63. The molecule has 0 saturated heterocycles. The summed E-state index contributed by atoms with van der Waals surface area (Å²) in [6, 6.07) is 0. The zero-order chi connectivity index (χ0) is 17.9. The molecule has 0 amide bonds. The molecule has 1 nitrogen and oxygen atoms in total. The largest absolute Gasteiger partial charge is 0.308 e. The molecule has 136 valence electrons. The van der Waals surface area contributed by atoms with Crippen molar-refractivity contribution in [1.29, 1.82) is 0 Å². The van der Waals surface area contributed by atoms with Gasteiger partial charge in [-0.1, -0.05) is 90.5 Å². The van der Waals surface area contributed by atoms with Crippen molar-refractivity contribution in [1.82, 2.24) is 5.32 Å². The first-order valence-corrected chi connectivity index (χ1v) is 9.72. The van der Waals surface area contributed by atoms with Crippen molar-refractivity contribution < 1.29 is 0 Å². The monoisotopic (exact) mass is 321 g/mol. The third-order valence-corrected chi connectivity index (χ3v) is 5.02. The minimum absolute atomic E-state index is 0.0281. The Hall–Kier alpha value is -0.560. The molecule has 0 aromatic carbocycles. The minimum Gasteiger partial charge on any atom is -0.308 e. The lowest BCUT2D eigenvalue weighted by Gasteiger charge is -2.30. The van der Waals surface area contributed by atoms with Gasteiger partial charge in [0.1, 0.15) is 0 Å². The molecule has 0 rings (SSSR count). The van der Waals surface area contributed by atoms with Gasteiger partial charge in [0.25, 0.3) is 0 Å². The summed E-state index contributed by atoms with van der Waals surface area (Å²) in [4.78, 5) is 0. The van der Waals surface area contributed by atoms with Crippen molar-refractivity contribution in [3.05, 3.63) is 24.3 Å². The van der Waals surface area contributed by atoms with E-state index in [9.17, 15) is 0 Å². The van der Waals surface area contributed by atoms with Gasteiger partial charge in [-0.05, 0) is 45.1 Å². The van der Waals surface area contributed by atoms with E-state index in [0.717, 1.165) is 19.4 Å². The molecule has 1 heteroatoms. The summed E-state index contributed by atoms with van der Waals surface area (Å²) >= 11 is 0. The second kappa shape index (κ2) is 11.1. The molecule has 0 aliphatic carbocycles. The van der Waals surface area contributed by atoms with Crippen molar-refractivity contribution in [3.63, 3.8) is 0 Å². The van der Waals surface area contributed by atoms with Crippen LogP contribution in [0.4, 0.5) is 0 Å². The molecule has 0 aromatic rings. The molecule has 0 aliphatic rings. The Kier molecular flexibility index (Phi) is 10.8. The highest BCUT2D eigenvalue weighted by atomic mass is 15.0. The number of hydrogen-bond acceptors (Lipinski definition) is 1. The van der Waals surface area contributed by atoms with Crippen LogP contribution in [0.1, 0.15) is 99.3 Å². The molecule has 0 unspecified atom stereocenters. The van der Waals surface area contributed by atoms with Crippen molar-refractivity contribution in [2.45, 2.75) is 105 Å². The van der Waals surface area contributed by atoms with Gasteiger partial charge in [-0.3, -0.25) is 0 Å². The van der Waals surface area contributed by atoms with Gasteiger partial charge in [0.15, 0.2) is 0 Å². The molecule has 0 radical (unpaired) electrons. The maximum absolute atomic E-state index is 4.34. The number of rotatable bonds is 13. The summed E-state index contributed by atoms with van der Waals surface area (Å²) in [6.45, 7) is 23.0. The van der Waals surface area contributed by atoms with Crippen LogP contribution in [0.15, 0.2) is 24.3 Å². The van der Waals surface area contributed by atoms with Crippen molar-refractivity contribution in [2.24, 2.45) is 5.41 Å². The molecule has 0 bridgehead atoms. The summed E-state index contributed by atoms with van der Waals surface area (Å²) in [6.07, 6.45) is 11.7. The Morgan fingerprint density at radius 3 is 1.78 bits per heavy atom. The summed E-state index contributed by atoms with van der Waals surface area (Å²) in [5.74, 6) is 0. The Morgan fingerprint density at radius 1 is 0.739 bits per heavy atom. The zero-order valence-corrected chi connectivity index (χ0v) is 17.0. The topological polar surface area (TPSA) is 12.0 Å². The average molecular weight is 322 g/mol. The van der Waals surface area contributed by atoms with E-state index >= 15 is 0 Å². The van der Waals surface area contributed by atoms with Crippen molar-refractivity contribution in [3.8, 4) is 0 Å². The van der Waals surface area contributed by atoms with E-state index < -0.39 is 0 Å². The quantitative estimate of drug-likeness (QED) is 0.283. The van der Waals surface area contributed by atoms with Gasteiger partial charge in [0.2, 0.25) is 0 Å². The zero-order valence-electron chi connectivity index (χ0n) is 17.0. The van der Waals surface area contributed by atoms with Crippen molar-refractivity contribution >= 4 is 0 Å². The summed E-state index contributed by atoms with van der Waals surface area (Å²) in [7, 11) is 0. The lowest BCUT2D eigenvalue weighted by molar-refractivity contribution is 0.417. The van der Waals surface area contributed by atoms with Crippen LogP contribution in [0.3, 0.4) is 0 Å². The fourth-order valence-corrected chi connectivity index (χ4v) is 2.63. The average Bonchev–Trinajstić information content (AvgIpc) is 2.44. The molecule has 23 heavy (non-hydrogen) atoms. The molecule has 0 fully saturated rings. The molecule has 0 atom stereocenters. The van der Waals surface area contributed by atoms with Gasteiger partial charge >= 0.3 is 0 Å². The smallest absolute Gasteiger partial charge is 0.0334 e. The van der Waals surface area contributed by atoms with Gasteiger partial charge in [-0.25, -0.2) is 0 Å². The highest BCUT2D eigenvalue weighted by Crippen LogP contribution is 2.26. The Morgan fingerprint density at radius 2 is 1.26 bits per heavy atom. The number of nitrogens with one attached hydrogen (secondary N) is 1. The van der Waals surface area contributed by atoms with Crippen LogP contribution in [0.5, 0.6) is 0 Å². The predicted molar refractivity (Wildman–Crippen MR) is 107 cm³/mol. The van der Waals surface area contributed by atoms with E-state index in [1.807, 2.05) is 0 Å². The van der Waals surface area contributed by atoms with Crippen molar-refractivity contribution in [2.75, 3.05) is 6.54 Å². The van der Waals surface area contributed by atoms with Crippen LogP contribution in [-0.2, 0) is 0 Å². The molecule has 0 spiro atoms. The highest BCUT2D eigenvalue weighted by Gasteiger charge is 2.21. The van der Waals surface area contributed by atoms with Crippen LogP contribution in [0, 0.1) is 5.41 Å². The fraction of sp³-hybridized carbons (Fsp3) is 0.818. The fourth-order valence-electron chi connectivity index (χ4n) is 2.63. The maximum atomic E-state index is 4.34. The Balaban J connectivity index is 3.90. The molecule has 1 N–H and O–H groups in total. The first-order valence-electron chi connectivity index (χ1n) is 9.72.